The van der Waals surface area contributed by atoms with Crippen LogP contribution in [0.25, 0.3) is 11.3 Å². The van der Waals surface area contributed by atoms with Crippen LogP contribution in [0.4, 0.5) is 5.82 Å². The van der Waals surface area contributed by atoms with Gasteiger partial charge < -0.3 is 5.73 Å². The smallest absolute Gasteiger partial charge is 0.146 e. The van der Waals surface area contributed by atoms with Crippen LogP contribution in [0.5, 0.6) is 0 Å². The molecule has 0 unspecified atom stereocenters. The number of nitrogens with zero attached hydrogens (tertiary/aromatic N) is 2. The molecule has 17 heavy (non-hydrogen) atoms. The summed E-state index contributed by atoms with van der Waals surface area (Å²) in [4.78, 5) is 7.79. The molecule has 0 aliphatic rings. The summed E-state index contributed by atoms with van der Waals surface area (Å²) in [6.07, 6.45) is 1.29. The quantitative estimate of drug-likeness (QED) is 0.852. The Morgan fingerprint density at radius 2 is 1.53 bits per heavy atom. The molecule has 2 rings (SSSR count). The van der Waals surface area contributed by atoms with Crippen LogP contribution >= 0.6 is 46.4 Å². The molecule has 0 aliphatic carbocycles. The third kappa shape index (κ3) is 2.43. The van der Waals surface area contributed by atoms with Gasteiger partial charge in [0, 0.05) is 10.6 Å². The fourth-order valence-electron chi connectivity index (χ4n) is 1.33. The Balaban J connectivity index is 2.73. The van der Waals surface area contributed by atoms with E-state index < -0.39 is 0 Å². The van der Waals surface area contributed by atoms with E-state index in [0.717, 1.165) is 0 Å². The first-order valence-corrected chi connectivity index (χ1v) is 5.92. The molecule has 0 bridgehead atoms. The number of hydrogen-bond acceptors (Lipinski definition) is 3. The van der Waals surface area contributed by atoms with Crippen molar-refractivity contribution in [3.8, 4) is 11.3 Å². The van der Waals surface area contributed by atoms with Crippen LogP contribution in [-0.2, 0) is 0 Å². The van der Waals surface area contributed by atoms with Gasteiger partial charge in [0.25, 0.3) is 0 Å². The number of anilines is 1. The highest BCUT2D eigenvalue weighted by Crippen LogP contribution is 2.39. The van der Waals surface area contributed by atoms with Crippen LogP contribution in [0, 0.1) is 0 Å². The summed E-state index contributed by atoms with van der Waals surface area (Å²) in [6.45, 7) is 0. The molecule has 0 spiro atoms. The van der Waals surface area contributed by atoms with Gasteiger partial charge in [-0.05, 0) is 12.1 Å². The number of rotatable bonds is 1. The van der Waals surface area contributed by atoms with Crippen molar-refractivity contribution in [2.75, 3.05) is 5.73 Å². The Labute approximate surface area is 117 Å². The molecule has 0 atom stereocenters. The van der Waals surface area contributed by atoms with Gasteiger partial charge in [-0.1, -0.05) is 46.4 Å². The Morgan fingerprint density at radius 1 is 0.941 bits per heavy atom. The summed E-state index contributed by atoms with van der Waals surface area (Å²) in [5, 5.41) is 1.34. The van der Waals surface area contributed by atoms with Gasteiger partial charge in [0.1, 0.15) is 17.2 Å². The van der Waals surface area contributed by atoms with E-state index in [1.807, 2.05) is 0 Å². The molecule has 0 saturated carbocycles. The Kier molecular flexibility index (Phi) is 3.64. The normalized spacial score (nSPS) is 10.6. The molecule has 2 aromatic rings. The largest absolute Gasteiger partial charge is 0.382 e. The second-order valence-electron chi connectivity index (χ2n) is 3.17. The van der Waals surface area contributed by atoms with Gasteiger partial charge in [0.05, 0.1) is 15.7 Å². The van der Waals surface area contributed by atoms with Gasteiger partial charge in [0.15, 0.2) is 0 Å². The number of aromatic nitrogens is 2. The van der Waals surface area contributed by atoms with E-state index in [1.165, 1.54) is 6.33 Å². The second-order valence-corrected chi connectivity index (χ2v) is 4.79. The van der Waals surface area contributed by atoms with E-state index in [4.69, 9.17) is 52.1 Å². The molecule has 1 heterocycles. The van der Waals surface area contributed by atoms with Gasteiger partial charge in [0.2, 0.25) is 0 Å². The topological polar surface area (TPSA) is 51.8 Å². The number of nitrogen functional groups attached to an aromatic ring is 1. The number of benzene rings is 1. The highest BCUT2D eigenvalue weighted by molar-refractivity contribution is 6.43. The van der Waals surface area contributed by atoms with Crippen LogP contribution in [0.15, 0.2) is 18.5 Å². The number of halogens is 4. The average Bonchev–Trinajstić information content (AvgIpc) is 2.23. The van der Waals surface area contributed by atoms with Crippen LogP contribution in [0.1, 0.15) is 0 Å². The summed E-state index contributed by atoms with van der Waals surface area (Å²) < 4.78 is 0. The molecular formula is C10H5Cl4N3. The van der Waals surface area contributed by atoms with Gasteiger partial charge in [-0.15, -0.1) is 0 Å². The van der Waals surface area contributed by atoms with Gasteiger partial charge in [-0.2, -0.15) is 0 Å². The van der Waals surface area contributed by atoms with Crippen molar-refractivity contribution in [2.24, 2.45) is 0 Å². The predicted molar refractivity (Wildman–Crippen MR) is 71.9 cm³/mol. The molecule has 0 saturated heterocycles. The maximum absolute atomic E-state index is 6.06. The zero-order chi connectivity index (χ0) is 12.6. The van der Waals surface area contributed by atoms with Crippen molar-refractivity contribution in [2.45, 2.75) is 0 Å². The van der Waals surface area contributed by atoms with Crippen LogP contribution < -0.4 is 5.73 Å². The molecule has 3 nitrogen and oxygen atoms in total. The van der Waals surface area contributed by atoms with Crippen molar-refractivity contribution in [1.29, 1.82) is 0 Å². The minimum absolute atomic E-state index is 0.166. The van der Waals surface area contributed by atoms with Gasteiger partial charge in [-0.3, -0.25) is 0 Å². The van der Waals surface area contributed by atoms with Crippen LogP contribution in [0.3, 0.4) is 0 Å². The summed E-state index contributed by atoms with van der Waals surface area (Å²) in [6, 6.07) is 3.11. The fourth-order valence-corrected chi connectivity index (χ4v) is 2.51. The van der Waals surface area contributed by atoms with Crippen LogP contribution in [-0.4, -0.2) is 9.97 Å². The first kappa shape index (κ1) is 12.7. The van der Waals surface area contributed by atoms with Crippen molar-refractivity contribution < 1.29 is 0 Å². The summed E-state index contributed by atoms with van der Waals surface area (Å²) in [7, 11) is 0. The van der Waals surface area contributed by atoms with Crippen molar-refractivity contribution in [1.82, 2.24) is 9.97 Å². The van der Waals surface area contributed by atoms with Crippen LogP contribution in [0.2, 0.25) is 20.1 Å². The molecule has 1 aromatic carbocycles. The minimum atomic E-state index is 0.166. The molecular weight excluding hydrogens is 304 g/mol. The molecule has 0 radical (unpaired) electrons. The Morgan fingerprint density at radius 3 is 2.12 bits per heavy atom. The first-order chi connectivity index (χ1) is 8.00. The van der Waals surface area contributed by atoms with Crippen molar-refractivity contribution in [3.05, 3.63) is 38.6 Å². The lowest BCUT2D eigenvalue weighted by Crippen LogP contribution is -1.96. The number of nitrogens with two attached hydrogens (primary N) is 1. The standard InChI is InChI=1S/C10H5Cl4N3/c11-4-1-5(12)7(6(13)2-4)9-8(14)10(15)17-3-16-9/h1-3H,(H2,15,16,17). The first-order valence-electron chi connectivity index (χ1n) is 4.41. The van der Waals surface area contributed by atoms with E-state index >= 15 is 0 Å². The van der Waals surface area contributed by atoms with E-state index in [0.29, 0.717) is 26.3 Å². The lowest BCUT2D eigenvalue weighted by atomic mass is 10.1. The molecule has 1 aromatic heterocycles. The van der Waals surface area contributed by atoms with E-state index in [2.05, 4.69) is 9.97 Å². The molecule has 7 heteroatoms. The maximum Gasteiger partial charge on any atom is 0.146 e. The summed E-state index contributed by atoms with van der Waals surface area (Å²) >= 11 is 24.0. The van der Waals surface area contributed by atoms with Crippen molar-refractivity contribution in [3.63, 3.8) is 0 Å². The second kappa shape index (κ2) is 4.86. The number of hydrogen-bond donors (Lipinski definition) is 1. The average molecular weight is 309 g/mol. The molecule has 88 valence electrons. The summed E-state index contributed by atoms with van der Waals surface area (Å²) in [5.74, 6) is 0.166. The Hall–Kier alpha value is -0.740. The monoisotopic (exact) mass is 307 g/mol. The lowest BCUT2D eigenvalue weighted by Gasteiger charge is -2.09. The Bertz CT molecular complexity index is 563. The predicted octanol–water partition coefficient (Wildman–Crippen LogP) is 4.34. The molecule has 0 amide bonds. The fraction of sp³-hybridized carbons (Fsp3) is 0. The lowest BCUT2D eigenvalue weighted by molar-refractivity contribution is 1.18. The molecule has 2 N–H and O–H groups in total. The van der Waals surface area contributed by atoms with Gasteiger partial charge >= 0.3 is 0 Å². The zero-order valence-corrected chi connectivity index (χ0v) is 11.2. The van der Waals surface area contributed by atoms with E-state index in [9.17, 15) is 0 Å². The molecule has 0 aliphatic heterocycles. The van der Waals surface area contributed by atoms with Crippen molar-refractivity contribution >= 4 is 52.2 Å². The third-order valence-corrected chi connectivity index (χ3v) is 3.25. The highest BCUT2D eigenvalue weighted by atomic mass is 35.5. The van der Waals surface area contributed by atoms with E-state index in [-0.39, 0.29) is 10.8 Å². The molecule has 0 fully saturated rings. The maximum atomic E-state index is 6.06. The highest BCUT2D eigenvalue weighted by Gasteiger charge is 2.16. The zero-order valence-electron chi connectivity index (χ0n) is 8.22. The minimum Gasteiger partial charge on any atom is -0.382 e. The van der Waals surface area contributed by atoms with E-state index in [1.54, 1.807) is 12.1 Å². The summed E-state index contributed by atoms with van der Waals surface area (Å²) in [5.41, 5.74) is 6.46. The SMILES string of the molecule is Nc1ncnc(-c2c(Cl)cc(Cl)cc2Cl)c1Cl. The third-order valence-electron chi connectivity index (χ3n) is 2.06. The van der Waals surface area contributed by atoms with Gasteiger partial charge in [-0.25, -0.2) is 9.97 Å².